The highest BCUT2D eigenvalue weighted by Crippen LogP contribution is 2.18. The van der Waals surface area contributed by atoms with Crippen LogP contribution in [0, 0.1) is 5.41 Å². The molecule has 0 aliphatic rings. The number of nitrogens with one attached hydrogen (secondary N) is 1. The Labute approximate surface area is 122 Å². The summed E-state index contributed by atoms with van der Waals surface area (Å²) in [5.41, 5.74) is 6.29. The number of oxime groups is 1. The molecule has 2 aromatic rings. The lowest BCUT2D eigenvalue weighted by atomic mass is 9.92. The molecule has 1 heterocycles. The third-order valence-electron chi connectivity index (χ3n) is 3.38. The first-order valence-corrected chi connectivity index (χ1v) is 6.55. The van der Waals surface area contributed by atoms with Gasteiger partial charge >= 0.3 is 0 Å². The fourth-order valence-electron chi connectivity index (χ4n) is 1.92. The minimum Gasteiger partial charge on any atom is -0.409 e. The molecule has 4 N–H and O–H groups in total. The fourth-order valence-corrected chi connectivity index (χ4v) is 1.92. The number of carbonyl (C=O) groups excluding carboxylic acids is 1. The molecule has 21 heavy (non-hydrogen) atoms. The number of nitrogens with two attached hydrogens (primary N) is 1. The van der Waals surface area contributed by atoms with Gasteiger partial charge in [0.2, 0.25) is 0 Å². The molecule has 110 valence electrons. The highest BCUT2D eigenvalue weighted by Gasteiger charge is 2.24. The van der Waals surface area contributed by atoms with Crippen LogP contribution in [0.25, 0.3) is 10.9 Å². The standard InChI is InChI=1S/C15H18N4O2/c1-15(2,14(16)19-21)9-18-13(20)11-5-3-7-12-10(11)6-4-8-17-12/h3-8,21H,9H2,1-2H3,(H2,16,19)(H,18,20). The van der Waals surface area contributed by atoms with Gasteiger partial charge in [-0.05, 0) is 18.2 Å². The van der Waals surface area contributed by atoms with Crippen molar-refractivity contribution in [3.05, 3.63) is 42.1 Å². The zero-order chi connectivity index (χ0) is 15.5. The Morgan fingerprint density at radius 1 is 1.38 bits per heavy atom. The molecule has 1 amide bonds. The van der Waals surface area contributed by atoms with Gasteiger partial charge in [0, 0.05) is 29.1 Å². The lowest BCUT2D eigenvalue weighted by Gasteiger charge is -2.23. The van der Waals surface area contributed by atoms with Gasteiger partial charge in [-0.25, -0.2) is 0 Å². The molecule has 0 aliphatic carbocycles. The van der Waals surface area contributed by atoms with Crippen LogP contribution in [0.4, 0.5) is 0 Å². The zero-order valence-corrected chi connectivity index (χ0v) is 12.0. The maximum Gasteiger partial charge on any atom is 0.252 e. The molecular formula is C15H18N4O2. The molecule has 0 unspecified atom stereocenters. The summed E-state index contributed by atoms with van der Waals surface area (Å²) in [5.74, 6) is -0.144. The van der Waals surface area contributed by atoms with Gasteiger partial charge < -0.3 is 16.3 Å². The molecule has 2 rings (SSSR count). The van der Waals surface area contributed by atoms with Crippen LogP contribution in [0.2, 0.25) is 0 Å². The summed E-state index contributed by atoms with van der Waals surface area (Å²) in [5, 5.41) is 15.3. The minimum atomic E-state index is -0.632. The monoisotopic (exact) mass is 286 g/mol. The van der Waals surface area contributed by atoms with Crippen molar-refractivity contribution in [1.82, 2.24) is 10.3 Å². The van der Waals surface area contributed by atoms with Crippen LogP contribution < -0.4 is 11.1 Å². The quantitative estimate of drug-likeness (QED) is 0.345. The van der Waals surface area contributed by atoms with E-state index >= 15 is 0 Å². The normalized spacial score (nSPS) is 12.4. The Balaban J connectivity index is 2.20. The summed E-state index contributed by atoms with van der Waals surface area (Å²) in [4.78, 5) is 16.6. The van der Waals surface area contributed by atoms with E-state index in [1.807, 2.05) is 12.1 Å². The van der Waals surface area contributed by atoms with E-state index in [4.69, 9.17) is 10.9 Å². The second-order valence-corrected chi connectivity index (χ2v) is 5.43. The fraction of sp³-hybridized carbons (Fsp3) is 0.267. The van der Waals surface area contributed by atoms with Gasteiger partial charge in [0.05, 0.1) is 5.52 Å². The minimum absolute atomic E-state index is 0.0717. The van der Waals surface area contributed by atoms with E-state index in [1.165, 1.54) is 0 Å². The Morgan fingerprint density at radius 3 is 2.86 bits per heavy atom. The molecule has 0 bridgehead atoms. The average Bonchev–Trinajstić information content (AvgIpc) is 2.51. The van der Waals surface area contributed by atoms with E-state index in [9.17, 15) is 4.79 Å². The van der Waals surface area contributed by atoms with E-state index in [0.29, 0.717) is 5.56 Å². The number of rotatable bonds is 4. The van der Waals surface area contributed by atoms with Crippen LogP contribution >= 0.6 is 0 Å². The second kappa shape index (κ2) is 5.78. The molecule has 0 aliphatic heterocycles. The summed E-state index contributed by atoms with van der Waals surface area (Å²) >= 11 is 0. The van der Waals surface area contributed by atoms with Gasteiger partial charge in [0.1, 0.15) is 5.84 Å². The first-order valence-electron chi connectivity index (χ1n) is 6.55. The van der Waals surface area contributed by atoms with Crippen LogP contribution in [-0.4, -0.2) is 28.5 Å². The summed E-state index contributed by atoms with van der Waals surface area (Å²) in [6, 6.07) is 9.03. The van der Waals surface area contributed by atoms with Gasteiger partial charge in [-0.15, -0.1) is 0 Å². The van der Waals surface area contributed by atoms with Crippen molar-refractivity contribution in [2.75, 3.05) is 6.54 Å². The van der Waals surface area contributed by atoms with Crippen molar-refractivity contribution in [2.45, 2.75) is 13.8 Å². The smallest absolute Gasteiger partial charge is 0.252 e. The van der Waals surface area contributed by atoms with Gasteiger partial charge in [-0.2, -0.15) is 0 Å². The number of amides is 1. The maximum atomic E-state index is 12.3. The number of hydrogen-bond donors (Lipinski definition) is 3. The van der Waals surface area contributed by atoms with Crippen molar-refractivity contribution in [1.29, 1.82) is 0 Å². The second-order valence-electron chi connectivity index (χ2n) is 5.43. The van der Waals surface area contributed by atoms with E-state index in [-0.39, 0.29) is 18.3 Å². The Morgan fingerprint density at radius 2 is 2.14 bits per heavy atom. The number of pyridine rings is 1. The summed E-state index contributed by atoms with van der Waals surface area (Å²) < 4.78 is 0. The van der Waals surface area contributed by atoms with Crippen molar-refractivity contribution in [3.8, 4) is 0 Å². The topological polar surface area (TPSA) is 101 Å². The zero-order valence-electron chi connectivity index (χ0n) is 12.0. The number of amidine groups is 1. The van der Waals surface area contributed by atoms with Crippen LogP contribution in [0.1, 0.15) is 24.2 Å². The maximum absolute atomic E-state index is 12.3. The third-order valence-corrected chi connectivity index (χ3v) is 3.38. The van der Waals surface area contributed by atoms with E-state index in [0.717, 1.165) is 10.9 Å². The third kappa shape index (κ3) is 3.10. The number of aromatic nitrogens is 1. The molecule has 1 aromatic heterocycles. The summed E-state index contributed by atoms with van der Waals surface area (Å²) in [6.45, 7) is 3.83. The highest BCUT2D eigenvalue weighted by molar-refractivity contribution is 6.06. The molecule has 0 spiro atoms. The average molecular weight is 286 g/mol. The molecule has 6 nitrogen and oxygen atoms in total. The van der Waals surface area contributed by atoms with Gasteiger partial charge in [-0.3, -0.25) is 9.78 Å². The molecule has 0 radical (unpaired) electrons. The van der Waals surface area contributed by atoms with Crippen molar-refractivity contribution >= 4 is 22.6 Å². The predicted molar refractivity (Wildman–Crippen MR) is 81.3 cm³/mol. The number of benzene rings is 1. The Hall–Kier alpha value is -2.63. The summed E-state index contributed by atoms with van der Waals surface area (Å²) in [7, 11) is 0. The first-order chi connectivity index (χ1) is 9.95. The van der Waals surface area contributed by atoms with Crippen molar-refractivity contribution in [2.24, 2.45) is 16.3 Å². The molecule has 6 heteroatoms. The lowest BCUT2D eigenvalue weighted by Crippen LogP contribution is -2.42. The van der Waals surface area contributed by atoms with Crippen LogP contribution in [0.3, 0.4) is 0 Å². The first kappa shape index (κ1) is 14.8. The SMILES string of the molecule is CC(C)(CNC(=O)c1cccc2ncccc12)/C(N)=N/O. The predicted octanol–water partition coefficient (Wildman–Crippen LogP) is 1.74. The molecule has 0 atom stereocenters. The molecule has 0 saturated heterocycles. The molecular weight excluding hydrogens is 268 g/mol. The number of nitrogens with zero attached hydrogens (tertiary/aromatic N) is 2. The number of carbonyl (C=O) groups is 1. The molecule has 1 aromatic carbocycles. The van der Waals surface area contributed by atoms with Crippen molar-refractivity contribution < 1.29 is 10.0 Å². The highest BCUT2D eigenvalue weighted by atomic mass is 16.4. The molecule has 0 saturated carbocycles. The molecule has 0 fully saturated rings. The summed E-state index contributed by atoms with van der Waals surface area (Å²) in [6.07, 6.45) is 1.69. The van der Waals surface area contributed by atoms with Gasteiger partial charge in [-0.1, -0.05) is 31.1 Å². The Bertz CT molecular complexity index is 690. The Kier molecular flexibility index (Phi) is 4.07. The number of fused-ring (bicyclic) bond motifs is 1. The largest absolute Gasteiger partial charge is 0.409 e. The number of hydrogen-bond acceptors (Lipinski definition) is 4. The van der Waals surface area contributed by atoms with Crippen LogP contribution in [0.15, 0.2) is 41.7 Å². The van der Waals surface area contributed by atoms with E-state index < -0.39 is 5.41 Å². The van der Waals surface area contributed by atoms with Crippen LogP contribution in [0.5, 0.6) is 0 Å². The van der Waals surface area contributed by atoms with Crippen LogP contribution in [-0.2, 0) is 0 Å². The lowest BCUT2D eigenvalue weighted by molar-refractivity contribution is 0.0946. The van der Waals surface area contributed by atoms with Crippen molar-refractivity contribution in [3.63, 3.8) is 0 Å². The van der Waals surface area contributed by atoms with Gasteiger partial charge in [0.15, 0.2) is 0 Å². The van der Waals surface area contributed by atoms with Gasteiger partial charge in [0.25, 0.3) is 5.91 Å². The van der Waals surface area contributed by atoms with E-state index in [2.05, 4.69) is 15.5 Å². The van der Waals surface area contributed by atoms with E-state index in [1.54, 1.807) is 38.2 Å².